The third-order valence-electron chi connectivity index (χ3n) is 7.08. The van der Waals surface area contributed by atoms with Crippen molar-refractivity contribution in [1.82, 2.24) is 9.97 Å². The molecule has 1 amide bonds. The number of rotatable bonds is 7. The Morgan fingerprint density at radius 3 is 2.18 bits per heavy atom. The Morgan fingerprint density at radius 1 is 1.00 bits per heavy atom. The fraction of sp³-hybridized carbons (Fsp3) is 0.393. The van der Waals surface area contributed by atoms with Gasteiger partial charge in [0, 0.05) is 19.2 Å². The second-order valence-corrected chi connectivity index (χ2v) is 15.2. The fourth-order valence-electron chi connectivity index (χ4n) is 5.27. The number of hydrogen-bond acceptors (Lipinski definition) is 7. The molecule has 2 saturated heterocycles. The largest absolute Gasteiger partial charge is 0.447 e. The molecule has 1 atom stereocenters. The van der Waals surface area contributed by atoms with Crippen molar-refractivity contribution in [3.63, 3.8) is 0 Å². The van der Waals surface area contributed by atoms with Crippen LogP contribution in [0.25, 0.3) is 0 Å². The van der Waals surface area contributed by atoms with E-state index in [2.05, 4.69) is 74.3 Å². The van der Waals surface area contributed by atoms with Gasteiger partial charge in [-0.1, -0.05) is 93.0 Å². The van der Waals surface area contributed by atoms with Crippen molar-refractivity contribution in [1.29, 1.82) is 0 Å². The maximum atomic E-state index is 13.0. The normalized spacial score (nSPS) is 18.5. The van der Waals surface area contributed by atoms with Crippen molar-refractivity contribution in [2.24, 2.45) is 0 Å². The number of nitrogens with zero attached hydrogens (tertiary/aromatic N) is 4. The van der Waals surface area contributed by atoms with Gasteiger partial charge in [0.05, 0.1) is 25.9 Å². The van der Waals surface area contributed by atoms with Crippen LogP contribution in [0.3, 0.4) is 0 Å². The second-order valence-electron chi connectivity index (χ2n) is 10.5. The smallest absolute Gasteiger partial charge is 0.416 e. The number of benzene rings is 2. The predicted molar refractivity (Wildman–Crippen MR) is 151 cm³/mol. The highest BCUT2D eigenvalue weighted by atomic mass is 35.5. The van der Waals surface area contributed by atoms with Gasteiger partial charge >= 0.3 is 6.09 Å². The first-order valence-electron chi connectivity index (χ1n) is 12.9. The molecule has 0 bridgehead atoms. The van der Waals surface area contributed by atoms with Crippen LogP contribution in [0.1, 0.15) is 20.8 Å². The Bertz CT molecular complexity index is 1210. The molecule has 0 radical (unpaired) electrons. The zero-order valence-corrected chi connectivity index (χ0v) is 23.7. The Hall–Kier alpha value is -2.98. The van der Waals surface area contributed by atoms with Crippen LogP contribution in [0.4, 0.5) is 16.6 Å². The molecule has 0 unspecified atom stereocenters. The number of aromatic nitrogens is 2. The molecule has 10 heteroatoms. The van der Waals surface area contributed by atoms with E-state index in [0.29, 0.717) is 38.1 Å². The fourth-order valence-corrected chi connectivity index (χ4v) is 10.0. The molecule has 2 aliphatic rings. The maximum Gasteiger partial charge on any atom is 0.416 e. The zero-order valence-electron chi connectivity index (χ0n) is 22.0. The molecule has 0 N–H and O–H groups in total. The van der Waals surface area contributed by atoms with Gasteiger partial charge in [0.15, 0.2) is 0 Å². The van der Waals surface area contributed by atoms with Gasteiger partial charge in [0.25, 0.3) is 8.32 Å². The average molecular weight is 553 g/mol. The molecule has 0 aliphatic carbocycles. The van der Waals surface area contributed by atoms with E-state index < -0.39 is 14.4 Å². The lowest BCUT2D eigenvalue weighted by atomic mass is 10.2. The summed E-state index contributed by atoms with van der Waals surface area (Å²) >= 11 is 6.40. The summed E-state index contributed by atoms with van der Waals surface area (Å²) < 4.78 is 18.0. The summed E-state index contributed by atoms with van der Waals surface area (Å²) in [5.41, 5.74) is 0. The van der Waals surface area contributed by atoms with E-state index in [4.69, 9.17) is 30.5 Å². The molecule has 3 aromatic rings. The van der Waals surface area contributed by atoms with Gasteiger partial charge in [0.1, 0.15) is 17.6 Å². The first-order chi connectivity index (χ1) is 18.3. The monoisotopic (exact) mass is 552 g/mol. The lowest BCUT2D eigenvalue weighted by Crippen LogP contribution is -2.67. The minimum atomic E-state index is -2.79. The van der Waals surface area contributed by atoms with E-state index in [9.17, 15) is 4.79 Å². The van der Waals surface area contributed by atoms with Crippen molar-refractivity contribution in [2.75, 3.05) is 49.3 Å². The first kappa shape index (κ1) is 26.6. The van der Waals surface area contributed by atoms with E-state index in [1.807, 2.05) is 17.0 Å². The Balaban J connectivity index is 1.49. The lowest BCUT2D eigenvalue weighted by molar-refractivity contribution is 0.122. The van der Waals surface area contributed by atoms with Gasteiger partial charge < -0.3 is 18.8 Å². The Kier molecular flexibility index (Phi) is 7.72. The number of hydrogen-bond donors (Lipinski definition) is 0. The van der Waals surface area contributed by atoms with E-state index in [1.54, 1.807) is 11.0 Å². The molecule has 0 saturated carbocycles. The summed E-state index contributed by atoms with van der Waals surface area (Å²) in [5.74, 6) is 0.882. The summed E-state index contributed by atoms with van der Waals surface area (Å²) in [6.45, 7) is 9.66. The van der Waals surface area contributed by atoms with Crippen molar-refractivity contribution >= 4 is 48.2 Å². The topological polar surface area (TPSA) is 77.0 Å². The van der Waals surface area contributed by atoms with Crippen LogP contribution >= 0.6 is 11.6 Å². The van der Waals surface area contributed by atoms with Crippen LogP contribution in [0.5, 0.6) is 0 Å². The molecule has 0 spiro atoms. The molecule has 1 aromatic heterocycles. The lowest BCUT2D eigenvalue weighted by Gasteiger charge is -2.43. The summed E-state index contributed by atoms with van der Waals surface area (Å²) in [6, 6.07) is 22.1. The third kappa shape index (κ3) is 5.16. The summed E-state index contributed by atoms with van der Waals surface area (Å²) in [4.78, 5) is 25.6. The molecule has 2 aliphatic heterocycles. The van der Waals surface area contributed by atoms with Crippen LogP contribution in [-0.4, -0.2) is 69.9 Å². The Morgan fingerprint density at radius 2 is 1.61 bits per heavy atom. The van der Waals surface area contributed by atoms with Crippen LogP contribution in [0, 0.1) is 0 Å². The molecular formula is C28H33ClN4O4Si. The van der Waals surface area contributed by atoms with Gasteiger partial charge in [-0.3, -0.25) is 4.90 Å². The number of amides is 1. The van der Waals surface area contributed by atoms with E-state index in [-0.39, 0.29) is 29.4 Å². The minimum Gasteiger partial charge on any atom is -0.447 e. The molecular weight excluding hydrogens is 520 g/mol. The van der Waals surface area contributed by atoms with E-state index in [1.165, 1.54) is 10.4 Å². The first-order valence-corrected chi connectivity index (χ1v) is 15.2. The molecule has 3 heterocycles. The number of ether oxygens (including phenoxy) is 2. The summed E-state index contributed by atoms with van der Waals surface area (Å²) in [5, 5.41) is 2.43. The van der Waals surface area contributed by atoms with Crippen LogP contribution in [-0.2, 0) is 13.9 Å². The molecule has 5 rings (SSSR count). The number of morpholine rings is 1. The molecule has 2 aromatic carbocycles. The highest BCUT2D eigenvalue weighted by Gasteiger charge is 2.51. The van der Waals surface area contributed by atoms with Gasteiger partial charge in [-0.25, -0.2) is 9.78 Å². The van der Waals surface area contributed by atoms with Gasteiger partial charge in [-0.15, -0.1) is 0 Å². The molecule has 200 valence electrons. The zero-order chi connectivity index (χ0) is 26.8. The van der Waals surface area contributed by atoms with Crippen LogP contribution in [0.15, 0.2) is 66.7 Å². The van der Waals surface area contributed by atoms with Crippen molar-refractivity contribution < 1.29 is 18.7 Å². The standard InChI is InChI=1S/C28H33ClN4O4Si/c1-28(2,3)38(22-10-6-4-7-11-22,23-12-8-5-9-13-23)37-20-21-19-36-27(34)33(21)25-18-24(29)30-26(31-25)32-14-16-35-17-15-32/h4-13,18,21H,14-17,19-20H2,1-3H3/t21-/m1/s1. The average Bonchev–Trinajstić information content (AvgIpc) is 3.30. The van der Waals surface area contributed by atoms with Crippen molar-refractivity contribution in [3.8, 4) is 0 Å². The third-order valence-corrected chi connectivity index (χ3v) is 12.3. The van der Waals surface area contributed by atoms with Gasteiger partial charge in [-0.2, -0.15) is 4.98 Å². The Labute approximate surface area is 229 Å². The van der Waals surface area contributed by atoms with E-state index >= 15 is 0 Å². The van der Waals surface area contributed by atoms with E-state index in [0.717, 1.165) is 0 Å². The number of anilines is 2. The van der Waals surface area contributed by atoms with Gasteiger partial charge in [0.2, 0.25) is 5.95 Å². The highest BCUT2D eigenvalue weighted by Crippen LogP contribution is 2.37. The predicted octanol–water partition coefficient (Wildman–Crippen LogP) is 3.87. The number of carbonyl (C=O) groups excluding carboxylic acids is 1. The SMILES string of the molecule is CC(C)(C)[Si](OC[C@H]1COC(=O)N1c1cc(Cl)nc(N2CCOCC2)n1)(c1ccccc1)c1ccccc1. The second kappa shape index (κ2) is 11.0. The summed E-state index contributed by atoms with van der Waals surface area (Å²) in [6.07, 6.45) is -0.469. The maximum absolute atomic E-state index is 13.0. The molecule has 38 heavy (non-hydrogen) atoms. The van der Waals surface area contributed by atoms with Crippen LogP contribution in [0.2, 0.25) is 10.2 Å². The number of carbonyl (C=O) groups is 1. The molecule has 2 fully saturated rings. The number of halogens is 1. The highest BCUT2D eigenvalue weighted by molar-refractivity contribution is 6.99. The minimum absolute atomic E-state index is 0.189. The number of cyclic esters (lactones) is 1. The quantitative estimate of drug-likeness (QED) is 0.325. The van der Waals surface area contributed by atoms with Crippen molar-refractivity contribution in [3.05, 3.63) is 71.9 Å². The summed E-state index contributed by atoms with van der Waals surface area (Å²) in [7, 11) is -2.79. The molecule has 8 nitrogen and oxygen atoms in total. The van der Waals surface area contributed by atoms with Gasteiger partial charge in [-0.05, 0) is 15.4 Å². The van der Waals surface area contributed by atoms with Crippen LogP contribution < -0.4 is 20.2 Å². The van der Waals surface area contributed by atoms with Crippen molar-refractivity contribution in [2.45, 2.75) is 31.9 Å².